The second kappa shape index (κ2) is 8.79. The molecule has 7 nitrogen and oxygen atoms in total. The zero-order valence-electron chi connectivity index (χ0n) is 18.8. The molecule has 0 aliphatic heterocycles. The predicted molar refractivity (Wildman–Crippen MR) is 134 cm³/mol. The maximum atomic E-state index is 13.1. The van der Waals surface area contributed by atoms with Crippen LogP contribution in [-0.2, 0) is 24.7 Å². The molecule has 0 bridgehead atoms. The molecule has 1 aliphatic rings. The lowest BCUT2D eigenvalue weighted by atomic mass is 9.97. The van der Waals surface area contributed by atoms with Crippen LogP contribution < -0.4 is 10.9 Å². The molecule has 33 heavy (non-hydrogen) atoms. The summed E-state index contributed by atoms with van der Waals surface area (Å²) < 4.78 is 3.32. The third kappa shape index (κ3) is 4.00. The number of rotatable bonds is 5. The van der Waals surface area contributed by atoms with E-state index in [0.717, 1.165) is 33.8 Å². The molecule has 9 heteroatoms. The van der Waals surface area contributed by atoms with Gasteiger partial charge in [0, 0.05) is 17.3 Å². The van der Waals surface area contributed by atoms with Crippen molar-refractivity contribution in [3.05, 3.63) is 62.6 Å². The summed E-state index contributed by atoms with van der Waals surface area (Å²) in [5.74, 6) is 0.670. The lowest BCUT2D eigenvalue weighted by Gasteiger charge is -2.11. The van der Waals surface area contributed by atoms with E-state index in [1.807, 2.05) is 51.2 Å². The Morgan fingerprint density at radius 1 is 1.15 bits per heavy atom. The summed E-state index contributed by atoms with van der Waals surface area (Å²) in [6.45, 7) is 3.72. The Labute approximate surface area is 199 Å². The molecule has 0 spiro atoms. The fraction of sp³-hybridized carbons (Fsp3) is 0.333. The molecule has 5 rings (SSSR count). The maximum absolute atomic E-state index is 13.1. The van der Waals surface area contributed by atoms with Crippen LogP contribution in [0.15, 0.2) is 40.2 Å². The van der Waals surface area contributed by atoms with Crippen LogP contribution in [0.5, 0.6) is 0 Å². The molecule has 1 aliphatic carbocycles. The fourth-order valence-electron chi connectivity index (χ4n) is 4.35. The van der Waals surface area contributed by atoms with E-state index < -0.39 is 0 Å². The first-order valence-corrected chi connectivity index (χ1v) is 12.8. The van der Waals surface area contributed by atoms with Crippen LogP contribution in [0, 0.1) is 13.8 Å². The first-order chi connectivity index (χ1) is 15.9. The predicted octanol–water partition coefficient (Wildman–Crippen LogP) is 4.41. The summed E-state index contributed by atoms with van der Waals surface area (Å²) in [6.07, 6.45) is 4.54. The number of aryl methyl sites for hydroxylation is 3. The largest absolute Gasteiger partial charge is 0.319 e. The standard InChI is InChI=1S/C24H25N5O2S2/c1-14-21(24(31)29(28(14)3)16-9-5-4-6-10-16)27-19(30)13-32-22-20-17-11-7-8-12-18(17)33-23(20)26-15(2)25-22/h4-6,9-10H,7-8,11-13H2,1-3H3,(H,27,30). The summed E-state index contributed by atoms with van der Waals surface area (Å²) in [5, 5.41) is 4.82. The molecule has 0 saturated heterocycles. The smallest absolute Gasteiger partial charge is 0.295 e. The summed E-state index contributed by atoms with van der Waals surface area (Å²) in [6, 6.07) is 9.40. The van der Waals surface area contributed by atoms with Gasteiger partial charge in [0.25, 0.3) is 5.56 Å². The molecule has 0 atom stereocenters. The van der Waals surface area contributed by atoms with Crippen molar-refractivity contribution in [1.82, 2.24) is 19.3 Å². The lowest BCUT2D eigenvalue weighted by Crippen LogP contribution is -2.23. The number of para-hydroxylation sites is 1. The Hall–Kier alpha value is -2.91. The third-order valence-corrected chi connectivity index (χ3v) is 8.21. The number of amides is 1. The number of carbonyl (C=O) groups is 1. The molecule has 0 unspecified atom stereocenters. The van der Waals surface area contributed by atoms with Gasteiger partial charge in [-0.3, -0.25) is 14.3 Å². The van der Waals surface area contributed by atoms with Gasteiger partial charge in [-0.1, -0.05) is 30.0 Å². The second-order valence-corrected chi connectivity index (χ2v) is 10.3. The number of hydrogen-bond donors (Lipinski definition) is 1. The number of anilines is 1. The van der Waals surface area contributed by atoms with Gasteiger partial charge in [0.1, 0.15) is 21.4 Å². The van der Waals surface area contributed by atoms with Crippen molar-refractivity contribution >= 4 is 44.9 Å². The van der Waals surface area contributed by atoms with Crippen LogP contribution in [0.25, 0.3) is 15.9 Å². The van der Waals surface area contributed by atoms with E-state index in [9.17, 15) is 9.59 Å². The molecular weight excluding hydrogens is 454 g/mol. The zero-order valence-corrected chi connectivity index (χ0v) is 20.5. The van der Waals surface area contributed by atoms with Gasteiger partial charge in [-0.25, -0.2) is 14.6 Å². The van der Waals surface area contributed by atoms with E-state index in [0.29, 0.717) is 17.2 Å². The molecule has 3 aromatic heterocycles. The molecule has 1 aromatic carbocycles. The van der Waals surface area contributed by atoms with E-state index in [2.05, 4.69) is 15.3 Å². The van der Waals surface area contributed by atoms with Crippen molar-refractivity contribution < 1.29 is 4.79 Å². The minimum absolute atomic E-state index is 0.176. The normalized spacial score (nSPS) is 13.3. The molecule has 1 N–H and O–H groups in total. The van der Waals surface area contributed by atoms with Gasteiger partial charge in [-0.2, -0.15) is 0 Å². The number of aromatic nitrogens is 4. The molecular formula is C24H25N5O2S2. The highest BCUT2D eigenvalue weighted by Gasteiger charge is 2.22. The summed E-state index contributed by atoms with van der Waals surface area (Å²) in [5.41, 5.74) is 2.88. The van der Waals surface area contributed by atoms with Crippen molar-refractivity contribution in [2.75, 3.05) is 11.1 Å². The topological polar surface area (TPSA) is 81.8 Å². The molecule has 0 saturated carbocycles. The highest BCUT2D eigenvalue weighted by molar-refractivity contribution is 8.00. The highest BCUT2D eigenvalue weighted by atomic mass is 32.2. The van der Waals surface area contributed by atoms with Gasteiger partial charge < -0.3 is 5.32 Å². The number of carbonyl (C=O) groups excluding carboxylic acids is 1. The average Bonchev–Trinajstić information content (AvgIpc) is 3.28. The Kier molecular flexibility index (Phi) is 5.84. The summed E-state index contributed by atoms with van der Waals surface area (Å²) in [4.78, 5) is 37.7. The van der Waals surface area contributed by atoms with E-state index in [1.54, 1.807) is 20.7 Å². The number of benzene rings is 1. The molecule has 0 fully saturated rings. The molecule has 3 heterocycles. The molecule has 0 radical (unpaired) electrons. The second-order valence-electron chi connectivity index (χ2n) is 8.24. The number of hydrogen-bond acceptors (Lipinski definition) is 6. The lowest BCUT2D eigenvalue weighted by molar-refractivity contribution is -0.113. The SMILES string of the molecule is Cc1nc(SCC(=O)Nc2c(C)n(C)n(-c3ccccc3)c2=O)c2c3c(sc2n1)CCCC3. The number of thioether (sulfide) groups is 1. The van der Waals surface area contributed by atoms with E-state index in [4.69, 9.17) is 0 Å². The minimum Gasteiger partial charge on any atom is -0.319 e. The van der Waals surface area contributed by atoms with Crippen molar-refractivity contribution in [2.45, 2.75) is 44.6 Å². The fourth-order valence-corrected chi connectivity index (χ4v) is 6.62. The Balaban J connectivity index is 1.39. The van der Waals surface area contributed by atoms with E-state index in [-0.39, 0.29) is 17.2 Å². The van der Waals surface area contributed by atoms with Gasteiger partial charge in [0.05, 0.1) is 17.1 Å². The van der Waals surface area contributed by atoms with Crippen molar-refractivity contribution in [1.29, 1.82) is 0 Å². The van der Waals surface area contributed by atoms with Crippen LogP contribution >= 0.6 is 23.1 Å². The molecule has 4 aromatic rings. The Bertz CT molecular complexity index is 1420. The maximum Gasteiger partial charge on any atom is 0.295 e. The van der Waals surface area contributed by atoms with Crippen molar-refractivity contribution in [3.63, 3.8) is 0 Å². The number of nitrogens with one attached hydrogen (secondary N) is 1. The van der Waals surface area contributed by atoms with Crippen molar-refractivity contribution in [2.24, 2.45) is 7.05 Å². The van der Waals surface area contributed by atoms with Gasteiger partial charge >= 0.3 is 0 Å². The monoisotopic (exact) mass is 479 g/mol. The Morgan fingerprint density at radius 2 is 1.91 bits per heavy atom. The quantitative estimate of drug-likeness (QED) is 0.339. The summed E-state index contributed by atoms with van der Waals surface area (Å²) in [7, 11) is 1.81. The van der Waals surface area contributed by atoms with Crippen LogP contribution in [0.2, 0.25) is 0 Å². The van der Waals surface area contributed by atoms with Gasteiger partial charge in [0.15, 0.2) is 0 Å². The molecule has 170 valence electrons. The minimum atomic E-state index is -0.244. The molecule has 1 amide bonds. The van der Waals surface area contributed by atoms with E-state index >= 15 is 0 Å². The van der Waals surface area contributed by atoms with Gasteiger partial charge in [-0.05, 0) is 57.2 Å². The summed E-state index contributed by atoms with van der Waals surface area (Å²) >= 11 is 3.18. The number of thiophene rings is 1. The van der Waals surface area contributed by atoms with Crippen LogP contribution in [-0.4, -0.2) is 31.0 Å². The average molecular weight is 480 g/mol. The Morgan fingerprint density at radius 3 is 2.70 bits per heavy atom. The number of nitrogens with zero attached hydrogens (tertiary/aromatic N) is 4. The van der Waals surface area contributed by atoms with Crippen molar-refractivity contribution in [3.8, 4) is 5.69 Å². The first-order valence-electron chi connectivity index (χ1n) is 11.0. The third-order valence-electron chi connectivity index (χ3n) is 6.05. The number of fused-ring (bicyclic) bond motifs is 3. The van der Waals surface area contributed by atoms with Gasteiger partial charge in [-0.15, -0.1) is 11.3 Å². The first kappa shape index (κ1) is 21.9. The highest BCUT2D eigenvalue weighted by Crippen LogP contribution is 2.39. The van der Waals surface area contributed by atoms with Crippen LogP contribution in [0.1, 0.15) is 34.8 Å². The van der Waals surface area contributed by atoms with Crippen LogP contribution in [0.4, 0.5) is 5.69 Å². The van der Waals surface area contributed by atoms with Gasteiger partial charge in [0.2, 0.25) is 5.91 Å². The van der Waals surface area contributed by atoms with Crippen LogP contribution in [0.3, 0.4) is 0 Å². The van der Waals surface area contributed by atoms with E-state index in [1.165, 1.54) is 35.0 Å². The zero-order chi connectivity index (χ0) is 23.1.